The maximum absolute atomic E-state index is 9.88. The zero-order valence-electron chi connectivity index (χ0n) is 9.61. The molecule has 3 atom stereocenters. The van der Waals surface area contributed by atoms with Crippen LogP contribution in [0.15, 0.2) is 0 Å². The van der Waals surface area contributed by atoms with E-state index in [1.165, 1.54) is 25.7 Å². The maximum Gasteiger partial charge on any atom is 0.0693 e. The highest BCUT2D eigenvalue weighted by molar-refractivity contribution is 4.91. The van der Waals surface area contributed by atoms with Crippen molar-refractivity contribution < 1.29 is 9.84 Å². The predicted molar refractivity (Wildman–Crippen MR) is 59.8 cm³/mol. The summed E-state index contributed by atoms with van der Waals surface area (Å²) in [6.07, 6.45) is 7.01. The lowest BCUT2D eigenvalue weighted by atomic mass is 9.91. The number of aliphatic hydroxyl groups is 1. The van der Waals surface area contributed by atoms with Gasteiger partial charge in [0, 0.05) is 19.2 Å². The van der Waals surface area contributed by atoms with Crippen LogP contribution >= 0.6 is 0 Å². The summed E-state index contributed by atoms with van der Waals surface area (Å²) in [5, 5.41) is 13.5. The van der Waals surface area contributed by atoms with Crippen LogP contribution < -0.4 is 5.32 Å². The van der Waals surface area contributed by atoms with E-state index in [1.807, 2.05) is 0 Å². The zero-order chi connectivity index (χ0) is 10.7. The monoisotopic (exact) mass is 213 g/mol. The summed E-state index contributed by atoms with van der Waals surface area (Å²) in [5.74, 6) is 0.791. The van der Waals surface area contributed by atoms with Crippen molar-refractivity contribution in [3.8, 4) is 0 Å². The van der Waals surface area contributed by atoms with Gasteiger partial charge in [-0.3, -0.25) is 0 Å². The molecule has 0 radical (unpaired) electrons. The van der Waals surface area contributed by atoms with Crippen molar-refractivity contribution in [3.05, 3.63) is 0 Å². The Bertz CT molecular complexity index is 192. The van der Waals surface area contributed by atoms with E-state index in [0.717, 1.165) is 25.4 Å². The van der Waals surface area contributed by atoms with Crippen molar-refractivity contribution in [1.29, 1.82) is 0 Å². The average molecular weight is 213 g/mol. The molecule has 3 unspecified atom stereocenters. The van der Waals surface area contributed by atoms with Crippen molar-refractivity contribution in [2.24, 2.45) is 5.92 Å². The second-order valence-corrected chi connectivity index (χ2v) is 5.02. The third kappa shape index (κ3) is 3.16. The molecule has 0 heterocycles. The summed E-state index contributed by atoms with van der Waals surface area (Å²) in [6, 6.07) is 0.771. The van der Waals surface area contributed by atoms with Crippen LogP contribution in [0.4, 0.5) is 0 Å². The van der Waals surface area contributed by atoms with E-state index in [2.05, 4.69) is 5.32 Å². The molecule has 88 valence electrons. The first kappa shape index (κ1) is 11.4. The summed E-state index contributed by atoms with van der Waals surface area (Å²) in [5.41, 5.74) is 0. The lowest BCUT2D eigenvalue weighted by molar-refractivity contribution is 0.0697. The zero-order valence-corrected chi connectivity index (χ0v) is 9.61. The van der Waals surface area contributed by atoms with Gasteiger partial charge in [0.05, 0.1) is 12.7 Å². The van der Waals surface area contributed by atoms with E-state index in [1.54, 1.807) is 7.11 Å². The van der Waals surface area contributed by atoms with Crippen LogP contribution in [0, 0.1) is 5.92 Å². The second-order valence-electron chi connectivity index (χ2n) is 5.02. The number of rotatable bonds is 5. The van der Waals surface area contributed by atoms with Gasteiger partial charge < -0.3 is 15.2 Å². The molecule has 0 aromatic rings. The molecule has 2 rings (SSSR count). The summed E-state index contributed by atoms with van der Waals surface area (Å²) in [6.45, 7) is 0.786. The standard InChI is InChI=1S/C12H23NO2/c1-15-8-11(9-6-7-9)13-10-4-2-3-5-12(10)14/h9-14H,2-8H2,1H3. The van der Waals surface area contributed by atoms with E-state index in [9.17, 15) is 5.11 Å². The highest BCUT2D eigenvalue weighted by Gasteiger charge is 2.34. The summed E-state index contributed by atoms with van der Waals surface area (Å²) < 4.78 is 5.24. The second kappa shape index (κ2) is 5.28. The number of hydrogen-bond donors (Lipinski definition) is 2. The topological polar surface area (TPSA) is 41.5 Å². The number of methoxy groups -OCH3 is 1. The van der Waals surface area contributed by atoms with Crippen LogP contribution in [-0.4, -0.2) is 37.0 Å². The Kier molecular flexibility index (Phi) is 4.00. The van der Waals surface area contributed by atoms with Gasteiger partial charge in [-0.1, -0.05) is 12.8 Å². The molecule has 3 heteroatoms. The quantitative estimate of drug-likeness (QED) is 0.723. The van der Waals surface area contributed by atoms with Gasteiger partial charge in [-0.05, 0) is 31.6 Å². The van der Waals surface area contributed by atoms with Gasteiger partial charge >= 0.3 is 0 Å². The normalized spacial score (nSPS) is 34.0. The molecule has 3 nitrogen and oxygen atoms in total. The lowest BCUT2D eigenvalue weighted by Gasteiger charge is -2.32. The van der Waals surface area contributed by atoms with Crippen molar-refractivity contribution in [2.75, 3.05) is 13.7 Å². The molecule has 0 aliphatic heterocycles. The molecule has 0 aromatic heterocycles. The van der Waals surface area contributed by atoms with Gasteiger partial charge in [-0.25, -0.2) is 0 Å². The summed E-state index contributed by atoms with van der Waals surface area (Å²) in [7, 11) is 1.76. The largest absolute Gasteiger partial charge is 0.392 e. The van der Waals surface area contributed by atoms with Gasteiger partial charge in [-0.2, -0.15) is 0 Å². The van der Waals surface area contributed by atoms with Crippen molar-refractivity contribution in [3.63, 3.8) is 0 Å². The van der Waals surface area contributed by atoms with Gasteiger partial charge in [0.1, 0.15) is 0 Å². The smallest absolute Gasteiger partial charge is 0.0693 e. The number of ether oxygens (including phenoxy) is 1. The molecule has 0 bridgehead atoms. The minimum atomic E-state index is -0.142. The summed E-state index contributed by atoms with van der Waals surface area (Å²) >= 11 is 0. The number of aliphatic hydroxyl groups excluding tert-OH is 1. The third-order valence-electron chi connectivity index (χ3n) is 3.69. The summed E-state index contributed by atoms with van der Waals surface area (Å²) in [4.78, 5) is 0. The molecule has 2 aliphatic carbocycles. The average Bonchev–Trinajstić information content (AvgIpc) is 3.04. The first-order chi connectivity index (χ1) is 7.31. The Labute approximate surface area is 92.2 Å². The van der Waals surface area contributed by atoms with Gasteiger partial charge in [0.2, 0.25) is 0 Å². The van der Waals surface area contributed by atoms with Crippen LogP contribution in [-0.2, 0) is 4.74 Å². The fourth-order valence-corrected chi connectivity index (χ4v) is 2.58. The molecule has 2 saturated carbocycles. The van der Waals surface area contributed by atoms with E-state index in [4.69, 9.17) is 4.74 Å². The molecule has 0 saturated heterocycles. The van der Waals surface area contributed by atoms with Crippen LogP contribution in [0.5, 0.6) is 0 Å². The first-order valence-electron chi connectivity index (χ1n) is 6.24. The van der Waals surface area contributed by atoms with Crippen LogP contribution in [0.2, 0.25) is 0 Å². The maximum atomic E-state index is 9.88. The Balaban J connectivity index is 1.81. The molecular formula is C12H23NO2. The fraction of sp³-hybridized carbons (Fsp3) is 1.00. The van der Waals surface area contributed by atoms with E-state index < -0.39 is 0 Å². The molecule has 0 spiro atoms. The molecule has 15 heavy (non-hydrogen) atoms. The Morgan fingerprint density at radius 2 is 2.00 bits per heavy atom. The van der Waals surface area contributed by atoms with Crippen LogP contribution in [0.3, 0.4) is 0 Å². The molecule has 0 amide bonds. The molecule has 2 N–H and O–H groups in total. The minimum Gasteiger partial charge on any atom is -0.392 e. The molecule has 2 aliphatic rings. The van der Waals surface area contributed by atoms with E-state index in [-0.39, 0.29) is 6.10 Å². The Morgan fingerprint density at radius 1 is 1.27 bits per heavy atom. The van der Waals surface area contributed by atoms with Crippen molar-refractivity contribution in [1.82, 2.24) is 5.32 Å². The van der Waals surface area contributed by atoms with Gasteiger partial charge in [0.25, 0.3) is 0 Å². The Morgan fingerprint density at radius 3 is 2.60 bits per heavy atom. The van der Waals surface area contributed by atoms with Crippen molar-refractivity contribution >= 4 is 0 Å². The highest BCUT2D eigenvalue weighted by atomic mass is 16.5. The highest BCUT2D eigenvalue weighted by Crippen LogP contribution is 2.33. The minimum absolute atomic E-state index is 0.142. The third-order valence-corrected chi connectivity index (χ3v) is 3.69. The SMILES string of the molecule is COCC(NC1CCCCC1O)C1CC1. The van der Waals surface area contributed by atoms with Gasteiger partial charge in [0.15, 0.2) is 0 Å². The number of hydrogen-bond acceptors (Lipinski definition) is 3. The fourth-order valence-electron chi connectivity index (χ4n) is 2.58. The van der Waals surface area contributed by atoms with Crippen LogP contribution in [0.25, 0.3) is 0 Å². The predicted octanol–water partition coefficient (Wildman–Crippen LogP) is 1.30. The number of nitrogens with one attached hydrogen (secondary N) is 1. The first-order valence-corrected chi connectivity index (χ1v) is 6.24. The van der Waals surface area contributed by atoms with E-state index >= 15 is 0 Å². The Hall–Kier alpha value is -0.120. The van der Waals surface area contributed by atoms with Crippen LogP contribution in [0.1, 0.15) is 38.5 Å². The molecular weight excluding hydrogens is 190 g/mol. The van der Waals surface area contributed by atoms with E-state index in [0.29, 0.717) is 12.1 Å². The molecule has 0 aromatic carbocycles. The van der Waals surface area contributed by atoms with Gasteiger partial charge in [-0.15, -0.1) is 0 Å². The lowest BCUT2D eigenvalue weighted by Crippen LogP contribution is -2.49. The van der Waals surface area contributed by atoms with Crippen molar-refractivity contribution in [2.45, 2.75) is 56.7 Å². The molecule has 2 fully saturated rings.